The molecule has 1 aromatic rings. The number of rotatable bonds is 1. The summed E-state index contributed by atoms with van der Waals surface area (Å²) in [5.41, 5.74) is -0.760. The molecule has 18 heavy (non-hydrogen) atoms. The first kappa shape index (κ1) is 12.2. The van der Waals surface area contributed by atoms with Gasteiger partial charge in [-0.15, -0.1) is 0 Å². The highest BCUT2D eigenvalue weighted by atomic mass is 32.2. The van der Waals surface area contributed by atoms with Gasteiger partial charge in [0.25, 0.3) is 0 Å². The zero-order valence-electron chi connectivity index (χ0n) is 9.73. The first-order valence-corrected chi connectivity index (χ1v) is 7.34. The number of aliphatic hydroxyl groups is 1. The van der Waals surface area contributed by atoms with Crippen molar-refractivity contribution in [2.45, 2.75) is 41.8 Å². The molecule has 2 saturated heterocycles. The van der Waals surface area contributed by atoms with E-state index in [2.05, 4.69) is 0 Å². The molecule has 0 aromatic heterocycles. The van der Waals surface area contributed by atoms with Crippen molar-refractivity contribution < 1.29 is 18.1 Å². The van der Waals surface area contributed by atoms with Crippen LogP contribution in [0.2, 0.25) is 0 Å². The highest BCUT2D eigenvalue weighted by molar-refractivity contribution is 7.86. The number of halogens is 2. The molecule has 2 atom stereocenters. The summed E-state index contributed by atoms with van der Waals surface area (Å²) in [4.78, 5) is 0. The lowest BCUT2D eigenvalue weighted by Crippen LogP contribution is -2.40. The Kier molecular flexibility index (Phi) is 2.79. The zero-order chi connectivity index (χ0) is 12.9. The first-order valence-electron chi connectivity index (χ1n) is 6.07. The maximum atomic E-state index is 13.2. The molecule has 3 rings (SSSR count). The van der Waals surface area contributed by atoms with Crippen LogP contribution in [-0.2, 0) is 16.4 Å². The van der Waals surface area contributed by atoms with Crippen LogP contribution in [0.5, 0.6) is 0 Å². The minimum absolute atomic E-state index is 0.0122. The molecule has 1 aromatic carbocycles. The molecule has 5 heteroatoms. The van der Waals surface area contributed by atoms with E-state index in [0.717, 1.165) is 25.0 Å². The Hall–Kier alpha value is -0.810. The predicted octanol–water partition coefficient (Wildman–Crippen LogP) is 2.23. The largest absolute Gasteiger partial charge is 0.385 e. The lowest BCUT2D eigenvalue weighted by Gasteiger charge is -2.36. The van der Waals surface area contributed by atoms with Crippen molar-refractivity contribution in [3.8, 4) is 0 Å². The van der Waals surface area contributed by atoms with Crippen molar-refractivity contribution in [2.24, 2.45) is 0 Å². The van der Waals surface area contributed by atoms with Crippen LogP contribution in [0.25, 0.3) is 0 Å². The minimum Gasteiger partial charge on any atom is -0.385 e. The van der Waals surface area contributed by atoms with E-state index in [4.69, 9.17) is 0 Å². The van der Waals surface area contributed by atoms with Gasteiger partial charge in [-0.1, -0.05) is 6.07 Å². The summed E-state index contributed by atoms with van der Waals surface area (Å²) in [5.74, 6) is -1.86. The average Bonchev–Trinajstić information content (AvgIpc) is 2.57. The second-order valence-corrected chi connectivity index (χ2v) is 7.21. The highest BCUT2D eigenvalue weighted by Gasteiger charge is 2.48. The van der Waals surface area contributed by atoms with Gasteiger partial charge in [-0.3, -0.25) is 4.21 Å². The predicted molar refractivity (Wildman–Crippen MR) is 64.4 cm³/mol. The Morgan fingerprint density at radius 3 is 2.33 bits per heavy atom. The quantitative estimate of drug-likeness (QED) is 0.851. The molecular weight excluding hydrogens is 258 g/mol. The molecule has 0 saturated carbocycles. The lowest BCUT2D eigenvalue weighted by molar-refractivity contribution is 0.0181. The fourth-order valence-corrected chi connectivity index (χ4v) is 5.26. The summed E-state index contributed by atoms with van der Waals surface area (Å²) >= 11 is 0. The van der Waals surface area contributed by atoms with E-state index in [1.807, 2.05) is 0 Å². The maximum absolute atomic E-state index is 13.2. The summed E-state index contributed by atoms with van der Waals surface area (Å²) in [6.07, 6.45) is 2.45. The normalized spacial score (nSPS) is 38.9. The van der Waals surface area contributed by atoms with Gasteiger partial charge in [0, 0.05) is 21.3 Å². The van der Waals surface area contributed by atoms with Crippen LogP contribution in [0.4, 0.5) is 8.78 Å². The van der Waals surface area contributed by atoms with E-state index < -0.39 is 28.0 Å². The SMILES string of the molecule is O=S1C2CCC1CC(O)(c1ccc(F)c(F)c1)C2. The molecule has 2 unspecified atom stereocenters. The van der Waals surface area contributed by atoms with Crippen molar-refractivity contribution in [3.05, 3.63) is 35.4 Å². The second kappa shape index (κ2) is 4.10. The van der Waals surface area contributed by atoms with Crippen molar-refractivity contribution in [2.75, 3.05) is 0 Å². The van der Waals surface area contributed by atoms with E-state index in [1.54, 1.807) is 0 Å². The molecule has 0 amide bonds. The highest BCUT2D eigenvalue weighted by Crippen LogP contribution is 2.45. The summed E-state index contributed by atoms with van der Waals surface area (Å²) in [5, 5.41) is 10.6. The van der Waals surface area contributed by atoms with Crippen LogP contribution in [0.3, 0.4) is 0 Å². The fourth-order valence-electron chi connectivity index (χ4n) is 3.10. The molecule has 2 nitrogen and oxygen atoms in total. The van der Waals surface area contributed by atoms with Gasteiger partial charge in [-0.05, 0) is 43.4 Å². The van der Waals surface area contributed by atoms with E-state index in [9.17, 15) is 18.1 Å². The molecule has 1 N–H and O–H groups in total. The summed E-state index contributed by atoms with van der Waals surface area (Å²) < 4.78 is 38.1. The Morgan fingerprint density at radius 1 is 1.17 bits per heavy atom. The summed E-state index contributed by atoms with van der Waals surface area (Å²) in [6, 6.07) is 3.52. The number of benzene rings is 1. The third-order valence-electron chi connectivity index (χ3n) is 4.06. The van der Waals surface area contributed by atoms with Crippen molar-refractivity contribution >= 4 is 10.8 Å². The molecule has 0 aliphatic carbocycles. The summed E-state index contributed by atoms with van der Waals surface area (Å²) in [6.45, 7) is 0. The molecule has 2 heterocycles. The van der Waals surface area contributed by atoms with E-state index >= 15 is 0 Å². The van der Waals surface area contributed by atoms with Crippen LogP contribution in [0.1, 0.15) is 31.2 Å². The van der Waals surface area contributed by atoms with Gasteiger partial charge in [-0.2, -0.15) is 0 Å². The first-order chi connectivity index (χ1) is 8.49. The van der Waals surface area contributed by atoms with E-state index in [0.29, 0.717) is 18.4 Å². The fraction of sp³-hybridized carbons (Fsp3) is 0.538. The third kappa shape index (κ3) is 1.80. The van der Waals surface area contributed by atoms with Crippen LogP contribution in [0.15, 0.2) is 18.2 Å². The van der Waals surface area contributed by atoms with Crippen molar-refractivity contribution in [1.82, 2.24) is 0 Å². The molecule has 2 aliphatic heterocycles. The van der Waals surface area contributed by atoms with Gasteiger partial charge in [-0.25, -0.2) is 8.78 Å². The van der Waals surface area contributed by atoms with Gasteiger partial charge < -0.3 is 5.11 Å². The zero-order valence-corrected chi connectivity index (χ0v) is 10.6. The van der Waals surface area contributed by atoms with Gasteiger partial charge in [0.2, 0.25) is 0 Å². The Labute approximate surface area is 106 Å². The molecule has 98 valence electrons. The number of fused-ring (bicyclic) bond motifs is 2. The standard InChI is InChI=1S/C13H14F2O2S/c14-11-4-1-8(5-12(11)15)13(16)6-9-2-3-10(7-13)18(9)17/h1,4-5,9-10,16H,2-3,6-7H2. The average molecular weight is 272 g/mol. The Morgan fingerprint density at radius 2 is 1.78 bits per heavy atom. The van der Waals surface area contributed by atoms with E-state index in [-0.39, 0.29) is 10.5 Å². The monoisotopic (exact) mass is 272 g/mol. The van der Waals surface area contributed by atoms with Gasteiger partial charge in [0.05, 0.1) is 5.60 Å². The van der Waals surface area contributed by atoms with Crippen molar-refractivity contribution in [3.63, 3.8) is 0 Å². The second-order valence-electron chi connectivity index (χ2n) is 5.22. The molecule has 2 fully saturated rings. The molecule has 2 aliphatic rings. The summed E-state index contributed by atoms with van der Waals surface area (Å²) in [7, 11) is -0.877. The van der Waals surface area contributed by atoms with Crippen LogP contribution < -0.4 is 0 Å². The molecule has 0 radical (unpaired) electrons. The molecule has 0 spiro atoms. The van der Waals surface area contributed by atoms with Crippen LogP contribution in [-0.4, -0.2) is 19.8 Å². The van der Waals surface area contributed by atoms with Crippen LogP contribution in [0, 0.1) is 11.6 Å². The minimum atomic E-state index is -1.16. The van der Waals surface area contributed by atoms with Crippen LogP contribution >= 0.6 is 0 Å². The van der Waals surface area contributed by atoms with Gasteiger partial charge >= 0.3 is 0 Å². The molecular formula is C13H14F2O2S. The molecule has 2 bridgehead atoms. The van der Waals surface area contributed by atoms with E-state index in [1.165, 1.54) is 6.07 Å². The lowest BCUT2D eigenvalue weighted by atomic mass is 9.86. The number of hydrogen-bond donors (Lipinski definition) is 1. The smallest absolute Gasteiger partial charge is 0.159 e. The topological polar surface area (TPSA) is 37.3 Å². The number of hydrogen-bond acceptors (Lipinski definition) is 2. The Bertz CT molecular complexity index is 502. The van der Waals surface area contributed by atoms with Gasteiger partial charge in [0.1, 0.15) is 0 Å². The third-order valence-corrected chi connectivity index (χ3v) is 6.17. The Balaban J connectivity index is 1.96. The maximum Gasteiger partial charge on any atom is 0.159 e. The van der Waals surface area contributed by atoms with Gasteiger partial charge in [0.15, 0.2) is 11.6 Å². The van der Waals surface area contributed by atoms with Crippen molar-refractivity contribution in [1.29, 1.82) is 0 Å².